The van der Waals surface area contributed by atoms with Crippen LogP contribution in [0.4, 0.5) is 5.69 Å². The lowest BCUT2D eigenvalue weighted by molar-refractivity contribution is -0.117. The average molecular weight is 551 g/mol. The SMILES string of the molecule is Cc1cc(Cl)cc(C2C(C(=O)Nc3ccc(Cl)c(C(=O)NNC(C)c4ccccc4)c3)C2(Cl)Cl)c1. The molecule has 3 aromatic rings. The van der Waals surface area contributed by atoms with Crippen molar-refractivity contribution in [2.45, 2.75) is 30.1 Å². The highest BCUT2D eigenvalue weighted by atomic mass is 35.5. The number of nitrogens with one attached hydrogen (secondary N) is 3. The van der Waals surface area contributed by atoms with Crippen LogP contribution in [0.25, 0.3) is 0 Å². The van der Waals surface area contributed by atoms with Crippen molar-refractivity contribution in [3.63, 3.8) is 0 Å². The fraction of sp³-hybridized carbons (Fsp3) is 0.231. The Kier molecular flexibility index (Phi) is 7.65. The standard InChI is InChI=1S/C26H23Cl4N3O2/c1-14-10-17(12-18(27)11-14)22-23(26(22,29)30)25(35)31-19-8-9-21(28)20(13-19)24(34)33-32-15(2)16-6-4-3-5-7-16/h3-13,15,22-23,32H,1-2H3,(H,31,35)(H,33,34). The molecule has 3 atom stereocenters. The summed E-state index contributed by atoms with van der Waals surface area (Å²) in [6.07, 6.45) is 0. The second kappa shape index (κ2) is 10.4. The first-order valence-electron chi connectivity index (χ1n) is 10.9. The Labute approximate surface area is 224 Å². The second-order valence-electron chi connectivity index (χ2n) is 8.61. The van der Waals surface area contributed by atoms with E-state index in [0.717, 1.165) is 16.7 Å². The molecule has 0 aliphatic heterocycles. The minimum atomic E-state index is -1.26. The molecule has 5 nitrogen and oxygen atoms in total. The zero-order chi connectivity index (χ0) is 25.3. The van der Waals surface area contributed by atoms with Crippen LogP contribution in [0.15, 0.2) is 66.7 Å². The van der Waals surface area contributed by atoms with Crippen LogP contribution < -0.4 is 16.2 Å². The Bertz CT molecular complexity index is 1250. The van der Waals surface area contributed by atoms with E-state index in [-0.39, 0.29) is 22.5 Å². The number of benzene rings is 3. The van der Waals surface area contributed by atoms with Crippen molar-refractivity contribution in [1.29, 1.82) is 0 Å². The van der Waals surface area contributed by atoms with Crippen molar-refractivity contribution < 1.29 is 9.59 Å². The Morgan fingerprint density at radius 2 is 1.69 bits per heavy atom. The predicted octanol–water partition coefficient (Wildman–Crippen LogP) is 6.82. The van der Waals surface area contributed by atoms with Crippen LogP contribution in [0.2, 0.25) is 10.0 Å². The third-order valence-corrected chi connectivity index (χ3v) is 7.43. The van der Waals surface area contributed by atoms with Gasteiger partial charge in [0.15, 0.2) is 0 Å². The van der Waals surface area contributed by atoms with Crippen LogP contribution >= 0.6 is 46.4 Å². The molecule has 3 unspecified atom stereocenters. The molecule has 0 heterocycles. The molecule has 0 bridgehead atoms. The van der Waals surface area contributed by atoms with E-state index in [0.29, 0.717) is 10.7 Å². The van der Waals surface area contributed by atoms with Crippen LogP contribution in [0.1, 0.15) is 45.9 Å². The van der Waals surface area contributed by atoms with E-state index in [4.69, 9.17) is 46.4 Å². The van der Waals surface area contributed by atoms with Crippen molar-refractivity contribution in [1.82, 2.24) is 10.9 Å². The molecule has 0 spiro atoms. The number of halogens is 4. The van der Waals surface area contributed by atoms with Crippen molar-refractivity contribution in [2.24, 2.45) is 5.92 Å². The van der Waals surface area contributed by atoms with Gasteiger partial charge >= 0.3 is 0 Å². The van der Waals surface area contributed by atoms with Crippen molar-refractivity contribution in [3.8, 4) is 0 Å². The Hall–Kier alpha value is -2.28. The molecule has 35 heavy (non-hydrogen) atoms. The van der Waals surface area contributed by atoms with Crippen LogP contribution in [0, 0.1) is 12.8 Å². The van der Waals surface area contributed by atoms with E-state index >= 15 is 0 Å². The van der Waals surface area contributed by atoms with Crippen LogP contribution in [0.5, 0.6) is 0 Å². The van der Waals surface area contributed by atoms with E-state index in [1.807, 2.05) is 56.3 Å². The van der Waals surface area contributed by atoms with E-state index < -0.39 is 22.1 Å². The number of alkyl halides is 2. The third-order valence-electron chi connectivity index (χ3n) is 5.94. The van der Waals surface area contributed by atoms with E-state index in [1.165, 1.54) is 6.07 Å². The van der Waals surface area contributed by atoms with E-state index in [9.17, 15) is 9.59 Å². The Balaban J connectivity index is 1.44. The van der Waals surface area contributed by atoms with Gasteiger partial charge in [-0.15, -0.1) is 23.2 Å². The highest BCUT2D eigenvalue weighted by Crippen LogP contribution is 2.65. The molecular weight excluding hydrogens is 528 g/mol. The predicted molar refractivity (Wildman–Crippen MR) is 142 cm³/mol. The minimum absolute atomic E-state index is 0.121. The molecule has 0 aromatic heterocycles. The van der Waals surface area contributed by atoms with E-state index in [2.05, 4.69) is 16.2 Å². The van der Waals surface area contributed by atoms with Gasteiger partial charge in [0.25, 0.3) is 5.91 Å². The van der Waals surface area contributed by atoms with Crippen LogP contribution in [-0.2, 0) is 4.79 Å². The van der Waals surface area contributed by atoms with Crippen LogP contribution in [0.3, 0.4) is 0 Å². The Morgan fingerprint density at radius 1 is 0.971 bits per heavy atom. The summed E-state index contributed by atoms with van der Waals surface area (Å²) in [7, 11) is 0. The molecule has 1 aliphatic carbocycles. The van der Waals surface area contributed by atoms with Crippen molar-refractivity contribution >= 4 is 63.9 Å². The zero-order valence-corrected chi connectivity index (χ0v) is 21.9. The number of anilines is 1. The third kappa shape index (κ3) is 5.76. The van der Waals surface area contributed by atoms with Gasteiger partial charge in [0.2, 0.25) is 5.91 Å². The fourth-order valence-electron chi connectivity index (χ4n) is 4.08. The summed E-state index contributed by atoms with van der Waals surface area (Å²) >= 11 is 25.4. The first kappa shape index (κ1) is 25.8. The normalized spacial score (nSPS) is 19.0. The van der Waals surface area contributed by atoms with Crippen molar-refractivity contribution in [2.75, 3.05) is 5.32 Å². The number of aryl methyl sites for hydroxylation is 1. The lowest BCUT2D eigenvalue weighted by Gasteiger charge is -2.16. The highest BCUT2D eigenvalue weighted by molar-refractivity contribution is 6.53. The average Bonchev–Trinajstić information content (AvgIpc) is 3.40. The van der Waals surface area contributed by atoms with E-state index in [1.54, 1.807) is 18.2 Å². The molecule has 0 saturated heterocycles. The summed E-state index contributed by atoms with van der Waals surface area (Å²) in [6.45, 7) is 3.83. The first-order valence-corrected chi connectivity index (χ1v) is 12.4. The number of hydrogen-bond donors (Lipinski definition) is 3. The molecule has 9 heteroatoms. The molecule has 3 aromatic carbocycles. The maximum Gasteiger partial charge on any atom is 0.266 e. The van der Waals surface area contributed by atoms with Gasteiger partial charge in [-0.1, -0.05) is 59.6 Å². The largest absolute Gasteiger partial charge is 0.326 e. The molecule has 182 valence electrons. The zero-order valence-electron chi connectivity index (χ0n) is 18.9. The Morgan fingerprint density at radius 3 is 2.37 bits per heavy atom. The number of hydrogen-bond acceptors (Lipinski definition) is 3. The fourth-order valence-corrected chi connectivity index (χ4v) is 5.40. The summed E-state index contributed by atoms with van der Waals surface area (Å²) in [4.78, 5) is 25.8. The van der Waals surface area contributed by atoms with Gasteiger partial charge < -0.3 is 5.32 Å². The summed E-state index contributed by atoms with van der Waals surface area (Å²) in [5.41, 5.74) is 9.00. The lowest BCUT2D eigenvalue weighted by atomic mass is 10.1. The smallest absolute Gasteiger partial charge is 0.266 e. The lowest BCUT2D eigenvalue weighted by Crippen LogP contribution is -2.39. The molecular formula is C26H23Cl4N3O2. The monoisotopic (exact) mass is 549 g/mol. The summed E-state index contributed by atoms with van der Waals surface area (Å²) in [6, 6.07) is 19.7. The maximum absolute atomic E-state index is 13.0. The summed E-state index contributed by atoms with van der Waals surface area (Å²) in [5.74, 6) is -1.87. The van der Waals surface area contributed by atoms with Crippen molar-refractivity contribution in [3.05, 3.63) is 99.0 Å². The maximum atomic E-state index is 13.0. The second-order valence-corrected chi connectivity index (χ2v) is 10.9. The van der Waals surface area contributed by atoms with Gasteiger partial charge in [-0.25, -0.2) is 5.43 Å². The topological polar surface area (TPSA) is 70.2 Å². The first-order chi connectivity index (χ1) is 16.6. The molecule has 1 saturated carbocycles. The van der Waals surface area contributed by atoms with Gasteiger partial charge in [0.05, 0.1) is 16.5 Å². The molecule has 4 rings (SSSR count). The number of amides is 2. The molecule has 0 radical (unpaired) electrons. The number of hydrazine groups is 1. The van der Waals surface area contributed by atoms with Gasteiger partial charge in [-0.2, -0.15) is 0 Å². The number of carbonyl (C=O) groups excluding carboxylic acids is 2. The number of rotatable bonds is 7. The van der Waals surface area contributed by atoms with Gasteiger partial charge in [-0.3, -0.25) is 15.0 Å². The van der Waals surface area contributed by atoms with Gasteiger partial charge in [0, 0.05) is 22.7 Å². The summed E-state index contributed by atoms with van der Waals surface area (Å²) < 4.78 is -1.26. The van der Waals surface area contributed by atoms with Crippen LogP contribution in [-0.4, -0.2) is 16.1 Å². The quantitative estimate of drug-likeness (QED) is 0.223. The molecule has 1 fully saturated rings. The molecule has 3 N–H and O–H groups in total. The summed E-state index contributed by atoms with van der Waals surface area (Å²) in [5, 5.41) is 3.60. The van der Waals surface area contributed by atoms with Gasteiger partial charge in [-0.05, 0) is 60.9 Å². The highest BCUT2D eigenvalue weighted by Gasteiger charge is 2.67. The minimum Gasteiger partial charge on any atom is -0.326 e. The van der Waals surface area contributed by atoms with Gasteiger partial charge in [0.1, 0.15) is 4.33 Å². The number of carbonyl (C=O) groups is 2. The molecule has 1 aliphatic rings. The molecule has 2 amide bonds.